The number of ether oxygens (including phenoxy) is 1. The van der Waals surface area contributed by atoms with Gasteiger partial charge in [0, 0.05) is 32.1 Å². The Balaban J connectivity index is 1.47. The fourth-order valence-electron chi connectivity index (χ4n) is 3.79. The summed E-state index contributed by atoms with van der Waals surface area (Å²) in [6.07, 6.45) is 0.898. The maximum absolute atomic E-state index is 9.13. The van der Waals surface area contributed by atoms with E-state index in [9.17, 15) is 0 Å². The summed E-state index contributed by atoms with van der Waals surface area (Å²) in [6, 6.07) is 20.9. The molecule has 1 N–H and O–H groups in total. The predicted octanol–water partition coefficient (Wildman–Crippen LogP) is 3.99. The summed E-state index contributed by atoms with van der Waals surface area (Å²) in [5, 5.41) is 9.13. The van der Waals surface area contributed by atoms with E-state index >= 15 is 0 Å². The fourth-order valence-corrected chi connectivity index (χ4v) is 3.79. The predicted molar refractivity (Wildman–Crippen MR) is 111 cm³/mol. The van der Waals surface area contributed by atoms with Crippen molar-refractivity contribution in [3.8, 4) is 17.0 Å². The van der Waals surface area contributed by atoms with Gasteiger partial charge in [-0.1, -0.05) is 54.6 Å². The van der Waals surface area contributed by atoms with Crippen molar-refractivity contribution >= 4 is 0 Å². The molecule has 1 aliphatic rings. The van der Waals surface area contributed by atoms with Gasteiger partial charge in [0.15, 0.2) is 0 Å². The van der Waals surface area contributed by atoms with Gasteiger partial charge in [-0.05, 0) is 34.7 Å². The third-order valence-corrected chi connectivity index (χ3v) is 5.42. The number of rotatable bonds is 6. The average molecular weight is 374 g/mol. The van der Waals surface area contributed by atoms with Gasteiger partial charge >= 0.3 is 0 Å². The number of fused-ring (bicyclic) bond motifs is 1. The van der Waals surface area contributed by atoms with Crippen molar-refractivity contribution in [1.82, 2.24) is 9.88 Å². The Morgan fingerprint density at radius 1 is 1.04 bits per heavy atom. The van der Waals surface area contributed by atoms with Gasteiger partial charge in [0.05, 0.1) is 12.3 Å². The smallest absolute Gasteiger partial charge is 0.213 e. The molecule has 3 aromatic rings. The van der Waals surface area contributed by atoms with Crippen molar-refractivity contribution in [3.63, 3.8) is 0 Å². The van der Waals surface area contributed by atoms with Gasteiger partial charge in [-0.2, -0.15) is 0 Å². The molecular weight excluding hydrogens is 348 g/mol. The first-order valence-electron chi connectivity index (χ1n) is 9.83. The number of aliphatic hydroxyl groups is 1. The highest BCUT2D eigenvalue weighted by molar-refractivity contribution is 5.68. The molecule has 4 rings (SSSR count). The van der Waals surface area contributed by atoms with Crippen molar-refractivity contribution in [2.45, 2.75) is 26.5 Å². The van der Waals surface area contributed by atoms with E-state index in [4.69, 9.17) is 14.8 Å². The maximum Gasteiger partial charge on any atom is 0.213 e. The second-order valence-corrected chi connectivity index (χ2v) is 7.25. The summed E-state index contributed by atoms with van der Waals surface area (Å²) in [6.45, 7) is 5.36. The second kappa shape index (κ2) is 8.55. The van der Waals surface area contributed by atoms with Crippen LogP contribution in [0.5, 0.6) is 5.88 Å². The number of nitrogens with zero attached hydrogens (tertiary/aromatic N) is 2. The number of hydrogen-bond donors (Lipinski definition) is 1. The quantitative estimate of drug-likeness (QED) is 0.709. The Morgan fingerprint density at radius 2 is 1.89 bits per heavy atom. The molecule has 0 amide bonds. The lowest BCUT2D eigenvalue weighted by Gasteiger charge is -2.27. The highest BCUT2D eigenvalue weighted by atomic mass is 16.5. The van der Waals surface area contributed by atoms with Gasteiger partial charge in [-0.25, -0.2) is 4.98 Å². The molecule has 4 heteroatoms. The molecule has 0 aliphatic carbocycles. The molecule has 0 unspecified atom stereocenters. The van der Waals surface area contributed by atoms with Crippen LogP contribution >= 0.6 is 0 Å². The minimum Gasteiger partial charge on any atom is -0.473 e. The molecule has 1 aromatic heterocycles. The summed E-state index contributed by atoms with van der Waals surface area (Å²) in [4.78, 5) is 6.97. The van der Waals surface area contributed by atoms with Crippen LogP contribution in [-0.4, -0.2) is 34.7 Å². The summed E-state index contributed by atoms with van der Waals surface area (Å²) in [5.74, 6) is 0.680. The summed E-state index contributed by atoms with van der Waals surface area (Å²) in [7, 11) is 0. The minimum absolute atomic E-state index is 0.200. The number of β-amino-alcohol motifs (C(OH)–C–C–N with tert-alkyl or cyclic N) is 1. The third-order valence-electron chi connectivity index (χ3n) is 5.42. The molecule has 2 aromatic carbocycles. The lowest BCUT2D eigenvalue weighted by molar-refractivity contribution is 0.183. The zero-order valence-electron chi connectivity index (χ0n) is 16.3. The number of pyridine rings is 1. The van der Waals surface area contributed by atoms with Crippen molar-refractivity contribution in [3.05, 3.63) is 83.0 Å². The Labute approximate surface area is 166 Å². The molecule has 1 aliphatic heterocycles. The van der Waals surface area contributed by atoms with E-state index in [-0.39, 0.29) is 6.61 Å². The number of aliphatic hydroxyl groups excluding tert-OH is 1. The molecule has 2 heterocycles. The van der Waals surface area contributed by atoms with E-state index in [1.807, 2.05) is 12.1 Å². The maximum atomic E-state index is 9.13. The fraction of sp³-hybridized carbons (Fsp3) is 0.292. The van der Waals surface area contributed by atoms with Crippen molar-refractivity contribution < 1.29 is 9.84 Å². The van der Waals surface area contributed by atoms with Crippen LogP contribution in [0.4, 0.5) is 0 Å². The minimum atomic E-state index is 0.200. The SMILES string of the molecule is Cc1c(COc2ccc3c(n2)CCN(CCO)C3)cccc1-c1ccccc1. The van der Waals surface area contributed by atoms with Crippen LogP contribution < -0.4 is 4.74 Å². The second-order valence-electron chi connectivity index (χ2n) is 7.25. The molecule has 28 heavy (non-hydrogen) atoms. The molecule has 0 fully saturated rings. The zero-order chi connectivity index (χ0) is 19.3. The Hall–Kier alpha value is -2.69. The van der Waals surface area contributed by atoms with Crippen LogP contribution in [0, 0.1) is 6.92 Å². The van der Waals surface area contributed by atoms with Gasteiger partial charge in [0.25, 0.3) is 0 Å². The lowest BCUT2D eigenvalue weighted by atomic mass is 9.97. The molecule has 0 radical (unpaired) electrons. The van der Waals surface area contributed by atoms with E-state index in [1.165, 1.54) is 27.8 Å². The summed E-state index contributed by atoms with van der Waals surface area (Å²) >= 11 is 0. The van der Waals surface area contributed by atoms with Crippen LogP contribution in [0.25, 0.3) is 11.1 Å². The van der Waals surface area contributed by atoms with E-state index in [0.29, 0.717) is 19.0 Å². The lowest BCUT2D eigenvalue weighted by Crippen LogP contribution is -2.33. The number of hydrogen-bond acceptors (Lipinski definition) is 4. The van der Waals surface area contributed by atoms with Gasteiger partial charge in [-0.3, -0.25) is 4.90 Å². The van der Waals surface area contributed by atoms with Crippen molar-refractivity contribution in [2.24, 2.45) is 0 Å². The Bertz CT molecular complexity index is 941. The molecule has 4 nitrogen and oxygen atoms in total. The normalized spacial score (nSPS) is 13.9. The van der Waals surface area contributed by atoms with Crippen LogP contribution in [0.2, 0.25) is 0 Å². The van der Waals surface area contributed by atoms with E-state index in [1.54, 1.807) is 0 Å². The van der Waals surface area contributed by atoms with Gasteiger partial charge in [-0.15, -0.1) is 0 Å². The monoisotopic (exact) mass is 374 g/mol. The third kappa shape index (κ3) is 4.08. The number of benzene rings is 2. The van der Waals surface area contributed by atoms with E-state index in [0.717, 1.165) is 25.2 Å². The average Bonchev–Trinajstić information content (AvgIpc) is 2.74. The first kappa shape index (κ1) is 18.7. The zero-order valence-corrected chi connectivity index (χ0v) is 16.3. The number of aromatic nitrogens is 1. The van der Waals surface area contributed by atoms with Gasteiger partial charge in [0.1, 0.15) is 6.61 Å². The molecule has 0 bridgehead atoms. The highest BCUT2D eigenvalue weighted by Crippen LogP contribution is 2.27. The van der Waals surface area contributed by atoms with Gasteiger partial charge in [0.2, 0.25) is 5.88 Å². The Morgan fingerprint density at radius 3 is 2.71 bits per heavy atom. The molecule has 0 atom stereocenters. The van der Waals surface area contributed by atoms with Gasteiger partial charge < -0.3 is 9.84 Å². The van der Waals surface area contributed by atoms with Crippen molar-refractivity contribution in [1.29, 1.82) is 0 Å². The standard InChI is InChI=1S/C24H26N2O2/c1-18-21(8-5-9-22(18)19-6-3-2-4-7-19)17-28-24-11-10-20-16-26(14-15-27)13-12-23(20)25-24/h2-11,27H,12-17H2,1H3. The van der Waals surface area contributed by atoms with Crippen LogP contribution in [0.15, 0.2) is 60.7 Å². The largest absolute Gasteiger partial charge is 0.473 e. The topological polar surface area (TPSA) is 45.6 Å². The van der Waals surface area contributed by atoms with Crippen molar-refractivity contribution in [2.75, 3.05) is 19.7 Å². The Kier molecular flexibility index (Phi) is 5.70. The first-order chi connectivity index (χ1) is 13.7. The molecule has 0 saturated heterocycles. The highest BCUT2D eigenvalue weighted by Gasteiger charge is 2.17. The van der Waals surface area contributed by atoms with Crippen LogP contribution in [-0.2, 0) is 19.6 Å². The van der Waals surface area contributed by atoms with E-state index < -0.39 is 0 Å². The molecule has 0 saturated carbocycles. The molecule has 0 spiro atoms. The summed E-state index contributed by atoms with van der Waals surface area (Å²) in [5.41, 5.74) is 7.22. The van der Waals surface area contributed by atoms with Crippen LogP contribution in [0.1, 0.15) is 22.4 Å². The summed E-state index contributed by atoms with van der Waals surface area (Å²) < 4.78 is 6.04. The van der Waals surface area contributed by atoms with Crippen LogP contribution in [0.3, 0.4) is 0 Å². The van der Waals surface area contributed by atoms with E-state index in [2.05, 4.69) is 60.4 Å². The molecule has 144 valence electrons. The first-order valence-corrected chi connectivity index (χ1v) is 9.83. The molecular formula is C24H26N2O2.